The van der Waals surface area contributed by atoms with Crippen LogP contribution in [-0.2, 0) is 32.6 Å². The molecule has 9 heteroatoms. The van der Waals surface area contributed by atoms with Crippen molar-refractivity contribution >= 4 is 38.3 Å². The summed E-state index contributed by atoms with van der Waals surface area (Å²) in [6.45, 7) is 2.51. The first-order chi connectivity index (χ1) is 20.8. The van der Waals surface area contributed by atoms with E-state index in [4.69, 9.17) is 0 Å². The molecule has 0 fully saturated rings. The third-order valence-corrected chi connectivity index (χ3v) is 9.69. The van der Waals surface area contributed by atoms with Crippen molar-refractivity contribution in [3.05, 3.63) is 108 Å². The maximum atomic E-state index is 14.8. The SMILES string of the molecule is CCCCNC(=O)[C@@H](Cc1ccccc1)N(Cc1ccccc1F)C(=O)CCCN1c2cccc3cccc(c23)S1(=O)=O. The fourth-order valence-electron chi connectivity index (χ4n) is 5.59. The first kappa shape index (κ1) is 30.2. The van der Waals surface area contributed by atoms with E-state index in [1.165, 1.54) is 15.3 Å². The standard InChI is InChI=1S/C34H36FN3O4S/c1-2-3-21-36-34(40)30(23-25-12-5-4-6-13-25)37(24-27-14-7-8-17-28(27)35)32(39)20-11-22-38-29-18-9-15-26-16-10-19-31(33(26)29)43(38,41)42/h4-10,12-19,30H,2-3,11,20-24H2,1H3,(H,36,40)/t30-/m1/s1. The number of amides is 2. The molecule has 0 bridgehead atoms. The maximum absolute atomic E-state index is 14.8. The Morgan fingerprint density at radius 3 is 2.37 bits per heavy atom. The first-order valence-electron chi connectivity index (χ1n) is 14.7. The van der Waals surface area contributed by atoms with Crippen molar-refractivity contribution in [3.63, 3.8) is 0 Å². The molecule has 7 nitrogen and oxygen atoms in total. The van der Waals surface area contributed by atoms with Gasteiger partial charge < -0.3 is 10.2 Å². The summed E-state index contributed by atoms with van der Waals surface area (Å²) in [5, 5.41) is 4.48. The fraction of sp³-hybridized carbons (Fsp3) is 0.294. The van der Waals surface area contributed by atoms with Crippen molar-refractivity contribution < 1.29 is 22.4 Å². The molecule has 2 amide bonds. The lowest BCUT2D eigenvalue weighted by atomic mass is 10.0. The summed E-state index contributed by atoms with van der Waals surface area (Å²) in [6.07, 6.45) is 2.17. The van der Waals surface area contributed by atoms with E-state index in [-0.39, 0.29) is 49.1 Å². The fourth-order valence-corrected chi connectivity index (χ4v) is 7.34. The summed E-state index contributed by atoms with van der Waals surface area (Å²) in [5.74, 6) is -1.10. The number of halogens is 1. The molecule has 4 aromatic carbocycles. The predicted octanol–water partition coefficient (Wildman–Crippen LogP) is 5.82. The van der Waals surface area contributed by atoms with Crippen LogP contribution in [0.1, 0.15) is 43.7 Å². The van der Waals surface area contributed by atoms with Crippen LogP contribution in [0.25, 0.3) is 10.8 Å². The Morgan fingerprint density at radius 2 is 1.63 bits per heavy atom. The van der Waals surface area contributed by atoms with Gasteiger partial charge in [-0.3, -0.25) is 13.9 Å². The summed E-state index contributed by atoms with van der Waals surface area (Å²) in [6, 6.07) is 25.5. The van der Waals surface area contributed by atoms with Crippen molar-refractivity contribution in [3.8, 4) is 0 Å². The number of hydrogen-bond acceptors (Lipinski definition) is 4. The monoisotopic (exact) mass is 601 g/mol. The van der Waals surface area contributed by atoms with E-state index in [1.807, 2.05) is 55.5 Å². The smallest absolute Gasteiger partial charge is 0.265 e. The van der Waals surface area contributed by atoms with E-state index >= 15 is 0 Å². The number of nitrogens with zero attached hydrogens (tertiary/aromatic N) is 2. The summed E-state index contributed by atoms with van der Waals surface area (Å²) in [7, 11) is -3.76. The van der Waals surface area contributed by atoms with Gasteiger partial charge in [-0.25, -0.2) is 12.8 Å². The second-order valence-electron chi connectivity index (χ2n) is 10.8. The quantitative estimate of drug-likeness (QED) is 0.196. The third kappa shape index (κ3) is 6.57. The minimum absolute atomic E-state index is 0.0136. The van der Waals surface area contributed by atoms with E-state index in [1.54, 1.807) is 36.4 Å². The van der Waals surface area contributed by atoms with E-state index in [0.29, 0.717) is 23.2 Å². The lowest BCUT2D eigenvalue weighted by molar-refractivity contribution is -0.141. The zero-order valence-electron chi connectivity index (χ0n) is 24.2. The minimum atomic E-state index is -3.76. The molecule has 1 aliphatic heterocycles. The maximum Gasteiger partial charge on any atom is 0.265 e. The molecule has 0 radical (unpaired) electrons. The highest BCUT2D eigenvalue weighted by Gasteiger charge is 2.36. The van der Waals surface area contributed by atoms with E-state index in [0.717, 1.165) is 23.8 Å². The van der Waals surface area contributed by atoms with Crippen LogP contribution in [0, 0.1) is 5.82 Å². The van der Waals surface area contributed by atoms with Crippen LogP contribution in [0.4, 0.5) is 10.1 Å². The van der Waals surface area contributed by atoms with Gasteiger partial charge in [-0.15, -0.1) is 0 Å². The highest BCUT2D eigenvalue weighted by Crippen LogP contribution is 2.42. The highest BCUT2D eigenvalue weighted by molar-refractivity contribution is 7.93. The van der Waals surface area contributed by atoms with Crippen molar-refractivity contribution in [2.75, 3.05) is 17.4 Å². The number of hydrogen-bond donors (Lipinski definition) is 1. The lowest BCUT2D eigenvalue weighted by Gasteiger charge is -2.32. The number of rotatable bonds is 13. The number of benzene rings is 4. The van der Waals surface area contributed by atoms with Crippen LogP contribution in [-0.4, -0.2) is 44.3 Å². The van der Waals surface area contributed by atoms with Crippen LogP contribution in [0.15, 0.2) is 95.9 Å². The predicted molar refractivity (Wildman–Crippen MR) is 167 cm³/mol. The van der Waals surface area contributed by atoms with Crippen LogP contribution >= 0.6 is 0 Å². The van der Waals surface area contributed by atoms with Crippen LogP contribution < -0.4 is 9.62 Å². The Balaban J connectivity index is 1.39. The number of unbranched alkanes of at least 4 members (excludes halogenated alkanes) is 1. The Morgan fingerprint density at radius 1 is 0.907 bits per heavy atom. The van der Waals surface area contributed by atoms with Gasteiger partial charge in [0.2, 0.25) is 11.8 Å². The summed E-state index contributed by atoms with van der Waals surface area (Å²) < 4.78 is 43.0. The topological polar surface area (TPSA) is 86.8 Å². The van der Waals surface area contributed by atoms with Crippen molar-refractivity contribution in [1.29, 1.82) is 0 Å². The number of sulfonamides is 1. The molecule has 0 aromatic heterocycles. The summed E-state index contributed by atoms with van der Waals surface area (Å²) in [5.41, 5.74) is 1.78. The van der Waals surface area contributed by atoms with Crippen molar-refractivity contribution in [2.24, 2.45) is 0 Å². The van der Waals surface area contributed by atoms with Gasteiger partial charge in [0, 0.05) is 43.4 Å². The average molecular weight is 602 g/mol. The molecular weight excluding hydrogens is 565 g/mol. The lowest BCUT2D eigenvalue weighted by Crippen LogP contribution is -2.50. The zero-order valence-corrected chi connectivity index (χ0v) is 25.0. The van der Waals surface area contributed by atoms with Gasteiger partial charge in [-0.2, -0.15) is 0 Å². The molecule has 0 saturated carbocycles. The largest absolute Gasteiger partial charge is 0.354 e. The first-order valence-corrected chi connectivity index (χ1v) is 16.1. The van der Waals surface area contributed by atoms with E-state index in [9.17, 15) is 22.4 Å². The zero-order chi connectivity index (χ0) is 30.4. The van der Waals surface area contributed by atoms with Gasteiger partial charge in [0.1, 0.15) is 11.9 Å². The van der Waals surface area contributed by atoms with Crippen molar-refractivity contribution in [1.82, 2.24) is 10.2 Å². The molecule has 1 atom stereocenters. The van der Waals surface area contributed by atoms with Gasteiger partial charge in [-0.05, 0) is 42.0 Å². The average Bonchev–Trinajstić information content (AvgIpc) is 3.23. The summed E-state index contributed by atoms with van der Waals surface area (Å²) >= 11 is 0. The Labute approximate surface area is 252 Å². The molecular formula is C34H36FN3O4S. The van der Waals surface area contributed by atoms with Crippen LogP contribution in [0.5, 0.6) is 0 Å². The molecule has 0 unspecified atom stereocenters. The van der Waals surface area contributed by atoms with Gasteiger partial charge >= 0.3 is 0 Å². The van der Waals surface area contributed by atoms with Gasteiger partial charge in [0.25, 0.3) is 10.0 Å². The highest BCUT2D eigenvalue weighted by atomic mass is 32.2. The van der Waals surface area contributed by atoms with E-state index in [2.05, 4.69) is 5.32 Å². The molecule has 1 aliphatic rings. The molecule has 43 heavy (non-hydrogen) atoms. The normalized spacial score (nSPS) is 14.0. The van der Waals surface area contributed by atoms with Crippen LogP contribution in [0.2, 0.25) is 0 Å². The number of nitrogens with one attached hydrogen (secondary N) is 1. The number of anilines is 1. The van der Waals surface area contributed by atoms with Crippen molar-refractivity contribution in [2.45, 2.75) is 56.5 Å². The Hall–Kier alpha value is -4.24. The molecule has 0 spiro atoms. The van der Waals surface area contributed by atoms with Gasteiger partial charge in [0.05, 0.1) is 10.6 Å². The number of carbonyl (C=O) groups excluding carboxylic acids is 2. The number of carbonyl (C=O) groups is 2. The summed E-state index contributed by atoms with van der Waals surface area (Å²) in [4.78, 5) is 29.2. The molecule has 0 aliphatic carbocycles. The molecule has 224 valence electrons. The second kappa shape index (κ2) is 13.4. The molecule has 0 saturated heterocycles. The Bertz CT molecular complexity index is 1710. The molecule has 1 heterocycles. The third-order valence-electron chi connectivity index (χ3n) is 7.83. The van der Waals surface area contributed by atoms with Gasteiger partial charge in [-0.1, -0.05) is 86.1 Å². The van der Waals surface area contributed by atoms with E-state index < -0.39 is 21.9 Å². The Kier molecular flexibility index (Phi) is 9.40. The second-order valence-corrected chi connectivity index (χ2v) is 12.6. The molecule has 5 rings (SSSR count). The molecule has 1 N–H and O–H groups in total. The van der Waals surface area contributed by atoms with Crippen LogP contribution in [0.3, 0.4) is 0 Å². The minimum Gasteiger partial charge on any atom is -0.354 e. The molecule has 4 aromatic rings. The van der Waals surface area contributed by atoms with Gasteiger partial charge in [0.15, 0.2) is 0 Å².